The molecule has 2 aromatic carbocycles. The summed E-state index contributed by atoms with van der Waals surface area (Å²) in [6.07, 6.45) is -0.460. The minimum Gasteiger partial charge on any atom is -0.366 e. The molecule has 1 aliphatic rings. The van der Waals surface area contributed by atoms with Crippen molar-refractivity contribution in [2.24, 2.45) is 0 Å². The van der Waals surface area contributed by atoms with Crippen LogP contribution in [0.5, 0.6) is 0 Å². The molecule has 2 aromatic rings. The smallest absolute Gasteiger partial charge is 0.294 e. The van der Waals surface area contributed by atoms with Gasteiger partial charge in [-0.05, 0) is 36.8 Å². The molecule has 0 aromatic heterocycles. The summed E-state index contributed by atoms with van der Waals surface area (Å²) in [6.45, 7) is 3.98. The fraction of sp³-hybridized carbons (Fsp3) is 0.350. The van der Waals surface area contributed by atoms with E-state index in [1.165, 1.54) is 29.2 Å². The van der Waals surface area contributed by atoms with Crippen molar-refractivity contribution in [2.45, 2.75) is 24.5 Å². The molecule has 1 atom stereocenters. The molecule has 0 spiro atoms. The van der Waals surface area contributed by atoms with Crippen LogP contribution in [-0.2, 0) is 26.2 Å². The summed E-state index contributed by atoms with van der Waals surface area (Å²) >= 11 is 5.94. The normalized spacial score (nSPS) is 16.4. The zero-order chi connectivity index (χ0) is 22.3. The van der Waals surface area contributed by atoms with Crippen LogP contribution in [0.4, 0.5) is 4.39 Å². The Balaban J connectivity index is 0.000000248. The zero-order valence-electron chi connectivity index (χ0n) is 16.6. The summed E-state index contributed by atoms with van der Waals surface area (Å²) in [5.74, 6) is -0.491. The van der Waals surface area contributed by atoms with Crippen LogP contribution in [0.1, 0.15) is 11.1 Å². The first-order valence-corrected chi connectivity index (χ1v) is 10.9. The van der Waals surface area contributed by atoms with Crippen molar-refractivity contribution in [1.29, 1.82) is 0 Å². The van der Waals surface area contributed by atoms with Gasteiger partial charge in [0.15, 0.2) is 0 Å². The van der Waals surface area contributed by atoms with Crippen LogP contribution >= 0.6 is 11.6 Å². The minimum atomic E-state index is -4.02. The van der Waals surface area contributed by atoms with E-state index in [1.807, 2.05) is 6.92 Å². The number of nitrogens with one attached hydrogen (secondary N) is 1. The van der Waals surface area contributed by atoms with E-state index in [-0.39, 0.29) is 16.6 Å². The average molecular weight is 459 g/mol. The number of aryl methyl sites for hydroxylation is 1. The van der Waals surface area contributed by atoms with E-state index in [0.29, 0.717) is 30.3 Å². The number of rotatable bonds is 4. The number of benzene rings is 2. The number of hydrogen-bond acceptors (Lipinski definition) is 5. The van der Waals surface area contributed by atoms with Gasteiger partial charge in [-0.25, -0.2) is 4.39 Å². The maximum atomic E-state index is 12.9. The maximum absolute atomic E-state index is 12.9. The van der Waals surface area contributed by atoms with Crippen molar-refractivity contribution in [1.82, 2.24) is 10.2 Å². The highest BCUT2D eigenvalue weighted by atomic mass is 35.5. The average Bonchev–Trinajstić information content (AvgIpc) is 2.70. The van der Waals surface area contributed by atoms with Gasteiger partial charge in [0, 0.05) is 31.7 Å². The Labute approximate surface area is 180 Å². The predicted octanol–water partition coefficient (Wildman–Crippen LogP) is 2.67. The highest BCUT2D eigenvalue weighted by Gasteiger charge is 2.25. The molecule has 30 heavy (non-hydrogen) atoms. The van der Waals surface area contributed by atoms with Gasteiger partial charge in [0.2, 0.25) is 0 Å². The van der Waals surface area contributed by atoms with Gasteiger partial charge in [-0.15, -0.1) is 0 Å². The standard InChI is InChI=1S/C13H16ClFN2O2.C7H8O3S/c1-17(13(18)12-7-16-4-5-19-12)8-9-2-3-10(15)6-11(9)14;1-6-2-4-7(5-3-6)11(8,9)10/h2-3,6,12,16H,4-5,7-8H2,1H3;2-5H,1H3,(H,8,9,10). The highest BCUT2D eigenvalue weighted by molar-refractivity contribution is 7.85. The first kappa shape index (κ1) is 24.2. The van der Waals surface area contributed by atoms with E-state index < -0.39 is 16.2 Å². The molecule has 0 aliphatic carbocycles. The van der Waals surface area contributed by atoms with Gasteiger partial charge in [-0.2, -0.15) is 8.42 Å². The molecule has 1 heterocycles. The Bertz CT molecular complexity index is 964. The summed E-state index contributed by atoms with van der Waals surface area (Å²) < 4.78 is 47.9. The fourth-order valence-electron chi connectivity index (χ4n) is 2.66. The molecule has 1 fully saturated rings. The van der Waals surface area contributed by atoms with Gasteiger partial charge in [0.1, 0.15) is 11.9 Å². The van der Waals surface area contributed by atoms with E-state index in [0.717, 1.165) is 12.1 Å². The van der Waals surface area contributed by atoms with Crippen molar-refractivity contribution in [3.63, 3.8) is 0 Å². The predicted molar refractivity (Wildman–Crippen MR) is 111 cm³/mol. The molecular formula is C20H24ClFN2O5S. The van der Waals surface area contributed by atoms with E-state index in [2.05, 4.69) is 5.32 Å². The molecule has 7 nitrogen and oxygen atoms in total. The second kappa shape index (κ2) is 10.8. The van der Waals surface area contributed by atoms with Gasteiger partial charge in [-0.1, -0.05) is 35.4 Å². The lowest BCUT2D eigenvalue weighted by Crippen LogP contribution is -2.48. The number of amides is 1. The quantitative estimate of drug-likeness (QED) is 0.684. The van der Waals surface area contributed by atoms with E-state index in [4.69, 9.17) is 20.9 Å². The summed E-state index contributed by atoms with van der Waals surface area (Å²) in [6, 6.07) is 10.1. The van der Waals surface area contributed by atoms with Crippen LogP contribution in [0.15, 0.2) is 47.4 Å². The number of carbonyl (C=O) groups is 1. The lowest BCUT2D eigenvalue weighted by molar-refractivity contribution is -0.144. The Hall–Kier alpha value is -2.04. The third-order valence-corrected chi connectivity index (χ3v) is 5.54. The summed E-state index contributed by atoms with van der Waals surface area (Å²) in [7, 11) is -2.34. The number of likely N-dealkylation sites (N-methyl/N-ethyl adjacent to an activating group) is 1. The Morgan fingerprint density at radius 1 is 1.30 bits per heavy atom. The third-order valence-electron chi connectivity index (χ3n) is 4.32. The van der Waals surface area contributed by atoms with Crippen LogP contribution in [-0.4, -0.2) is 56.6 Å². The van der Waals surface area contributed by atoms with Crippen LogP contribution in [0.2, 0.25) is 5.02 Å². The van der Waals surface area contributed by atoms with Gasteiger partial charge in [0.25, 0.3) is 16.0 Å². The topological polar surface area (TPSA) is 95.9 Å². The SMILES string of the molecule is CN(Cc1ccc(F)cc1Cl)C(=O)C1CNCCO1.Cc1ccc(S(=O)(=O)O)cc1. The monoisotopic (exact) mass is 458 g/mol. The van der Waals surface area contributed by atoms with E-state index >= 15 is 0 Å². The van der Waals surface area contributed by atoms with Crippen molar-refractivity contribution < 1.29 is 26.9 Å². The second-order valence-corrected chi connectivity index (χ2v) is 8.61. The Morgan fingerprint density at radius 3 is 2.50 bits per heavy atom. The number of ether oxygens (including phenoxy) is 1. The molecule has 1 amide bonds. The molecule has 1 unspecified atom stereocenters. The molecule has 1 aliphatic heterocycles. The number of nitrogens with zero attached hydrogens (tertiary/aromatic N) is 1. The van der Waals surface area contributed by atoms with Crippen LogP contribution in [0.3, 0.4) is 0 Å². The van der Waals surface area contributed by atoms with E-state index in [1.54, 1.807) is 25.2 Å². The van der Waals surface area contributed by atoms with Gasteiger partial charge >= 0.3 is 0 Å². The van der Waals surface area contributed by atoms with Crippen molar-refractivity contribution in [2.75, 3.05) is 26.7 Å². The minimum absolute atomic E-state index is 0.0666. The first-order valence-electron chi connectivity index (χ1n) is 9.13. The third kappa shape index (κ3) is 7.33. The molecule has 0 bridgehead atoms. The van der Waals surface area contributed by atoms with Crippen LogP contribution in [0, 0.1) is 12.7 Å². The number of morpholine rings is 1. The Morgan fingerprint density at radius 2 is 1.97 bits per heavy atom. The van der Waals surface area contributed by atoms with Gasteiger partial charge in [0.05, 0.1) is 11.5 Å². The molecule has 10 heteroatoms. The molecule has 164 valence electrons. The molecule has 0 radical (unpaired) electrons. The number of halogens is 2. The highest BCUT2D eigenvalue weighted by Crippen LogP contribution is 2.19. The van der Waals surface area contributed by atoms with Crippen LogP contribution in [0.25, 0.3) is 0 Å². The van der Waals surface area contributed by atoms with Gasteiger partial charge < -0.3 is 15.0 Å². The second-order valence-electron chi connectivity index (χ2n) is 6.78. The van der Waals surface area contributed by atoms with Crippen molar-refractivity contribution in [3.8, 4) is 0 Å². The maximum Gasteiger partial charge on any atom is 0.294 e. The van der Waals surface area contributed by atoms with Crippen molar-refractivity contribution >= 4 is 27.6 Å². The molecule has 3 rings (SSSR count). The molecule has 2 N–H and O–H groups in total. The summed E-state index contributed by atoms with van der Waals surface area (Å²) in [5.41, 5.74) is 1.67. The van der Waals surface area contributed by atoms with Crippen molar-refractivity contribution in [3.05, 3.63) is 64.4 Å². The fourth-order valence-corrected chi connectivity index (χ4v) is 3.37. The molecule has 0 saturated carbocycles. The van der Waals surface area contributed by atoms with E-state index in [9.17, 15) is 17.6 Å². The van der Waals surface area contributed by atoms with Crippen LogP contribution < -0.4 is 5.32 Å². The van der Waals surface area contributed by atoms with Gasteiger partial charge in [-0.3, -0.25) is 9.35 Å². The number of carbonyl (C=O) groups excluding carboxylic acids is 1. The first-order chi connectivity index (χ1) is 14.1. The Kier molecular flexibility index (Phi) is 8.75. The summed E-state index contributed by atoms with van der Waals surface area (Å²) in [4.78, 5) is 13.6. The lowest BCUT2D eigenvalue weighted by Gasteiger charge is -2.27. The largest absolute Gasteiger partial charge is 0.366 e. The molecular weight excluding hydrogens is 435 g/mol. The number of hydrogen-bond donors (Lipinski definition) is 2. The molecule has 1 saturated heterocycles. The lowest BCUT2D eigenvalue weighted by atomic mass is 10.2. The zero-order valence-corrected chi connectivity index (χ0v) is 18.2. The summed E-state index contributed by atoms with van der Waals surface area (Å²) in [5, 5.41) is 3.43.